The highest BCUT2D eigenvalue weighted by Gasteiger charge is 2.19. The van der Waals surface area contributed by atoms with E-state index < -0.39 is 15.6 Å². The first kappa shape index (κ1) is 14.6. The molecule has 1 aromatic heterocycles. The predicted octanol–water partition coefficient (Wildman–Crippen LogP) is 1.06. The van der Waals surface area contributed by atoms with E-state index in [2.05, 4.69) is 9.71 Å². The van der Waals surface area contributed by atoms with E-state index in [-0.39, 0.29) is 21.9 Å². The van der Waals surface area contributed by atoms with Gasteiger partial charge in [-0.1, -0.05) is 6.07 Å². The Labute approximate surface area is 120 Å². The Morgan fingerprint density at radius 2 is 2.05 bits per heavy atom. The number of nitrogens with one attached hydrogen (secondary N) is 2. The molecule has 0 unspecified atom stereocenters. The lowest BCUT2D eigenvalue weighted by Gasteiger charge is -2.12. The van der Waals surface area contributed by atoms with Gasteiger partial charge in [0.2, 0.25) is 5.56 Å². The number of aromatic nitrogens is 1. The first-order valence-corrected chi connectivity index (χ1v) is 7.25. The molecule has 8 heteroatoms. The molecule has 1 aromatic carbocycles. The minimum atomic E-state index is -3.95. The summed E-state index contributed by atoms with van der Waals surface area (Å²) in [6.07, 6.45) is 1.08. The Balaban J connectivity index is 2.49. The number of methoxy groups -OCH3 is 1. The first-order valence-electron chi connectivity index (χ1n) is 5.76. The van der Waals surface area contributed by atoms with Crippen molar-refractivity contribution >= 4 is 15.7 Å². The molecule has 0 bridgehead atoms. The second-order valence-corrected chi connectivity index (χ2v) is 5.67. The number of benzene rings is 1. The van der Waals surface area contributed by atoms with Crippen molar-refractivity contribution in [1.82, 2.24) is 4.98 Å². The lowest BCUT2D eigenvalue weighted by Crippen LogP contribution is -2.16. The zero-order valence-electron chi connectivity index (χ0n) is 11.0. The molecule has 0 saturated carbocycles. The molecule has 2 N–H and O–H groups in total. The summed E-state index contributed by atoms with van der Waals surface area (Å²) in [4.78, 5) is 13.1. The first-order chi connectivity index (χ1) is 9.97. The summed E-state index contributed by atoms with van der Waals surface area (Å²) in [6.45, 7) is 0. The quantitative estimate of drug-likeness (QED) is 0.877. The van der Waals surface area contributed by atoms with Gasteiger partial charge in [0.1, 0.15) is 22.4 Å². The normalized spacial score (nSPS) is 10.7. The molecule has 0 radical (unpaired) electrons. The zero-order valence-corrected chi connectivity index (χ0v) is 11.8. The fourth-order valence-electron chi connectivity index (χ4n) is 1.66. The summed E-state index contributed by atoms with van der Waals surface area (Å²) in [5, 5.41) is 9.05. The van der Waals surface area contributed by atoms with Crippen LogP contribution in [0, 0.1) is 11.3 Å². The molecule has 1 heterocycles. The van der Waals surface area contributed by atoms with Gasteiger partial charge in [0.05, 0.1) is 12.7 Å². The van der Waals surface area contributed by atoms with Crippen LogP contribution in [0.4, 0.5) is 5.69 Å². The van der Waals surface area contributed by atoms with Gasteiger partial charge in [-0.15, -0.1) is 0 Å². The number of hydrogen-bond acceptors (Lipinski definition) is 5. The molecule has 0 aliphatic rings. The summed E-state index contributed by atoms with van der Waals surface area (Å²) >= 11 is 0. The van der Waals surface area contributed by atoms with Crippen molar-refractivity contribution in [2.24, 2.45) is 0 Å². The maximum absolute atomic E-state index is 12.3. The van der Waals surface area contributed by atoms with Crippen LogP contribution in [-0.2, 0) is 10.0 Å². The van der Waals surface area contributed by atoms with Gasteiger partial charge in [-0.05, 0) is 18.2 Å². The van der Waals surface area contributed by atoms with Gasteiger partial charge in [-0.3, -0.25) is 9.52 Å². The lowest BCUT2D eigenvalue weighted by molar-refractivity contribution is 0.416. The Morgan fingerprint density at radius 3 is 2.62 bits per heavy atom. The third kappa shape index (κ3) is 3.04. The number of para-hydroxylation sites is 1. The van der Waals surface area contributed by atoms with E-state index in [9.17, 15) is 13.2 Å². The smallest absolute Gasteiger partial charge is 0.263 e. The van der Waals surface area contributed by atoms with E-state index in [1.165, 1.54) is 25.3 Å². The highest BCUT2D eigenvalue weighted by atomic mass is 32.2. The molecule has 0 aliphatic carbocycles. The van der Waals surface area contributed by atoms with Gasteiger partial charge < -0.3 is 9.72 Å². The van der Waals surface area contributed by atoms with Crippen molar-refractivity contribution in [3.05, 3.63) is 52.4 Å². The number of ether oxygens (including phenoxy) is 1. The number of rotatable bonds is 4. The Bertz CT molecular complexity index is 845. The van der Waals surface area contributed by atoms with Crippen LogP contribution in [-0.4, -0.2) is 20.5 Å². The van der Waals surface area contributed by atoms with E-state index >= 15 is 0 Å². The molecule has 7 nitrogen and oxygen atoms in total. The van der Waals surface area contributed by atoms with Crippen LogP contribution < -0.4 is 15.0 Å². The monoisotopic (exact) mass is 305 g/mol. The van der Waals surface area contributed by atoms with Crippen LogP contribution in [0.1, 0.15) is 5.56 Å². The topological polar surface area (TPSA) is 112 Å². The zero-order chi connectivity index (χ0) is 15.5. The second-order valence-electron chi connectivity index (χ2n) is 3.99. The maximum atomic E-state index is 12.3. The Hall–Kier alpha value is -2.79. The van der Waals surface area contributed by atoms with Crippen molar-refractivity contribution in [3.63, 3.8) is 0 Å². The van der Waals surface area contributed by atoms with Crippen LogP contribution in [0.25, 0.3) is 0 Å². The Morgan fingerprint density at radius 1 is 1.29 bits per heavy atom. The summed E-state index contributed by atoms with van der Waals surface area (Å²) in [5.41, 5.74) is -0.236. The number of hydrogen-bond donors (Lipinski definition) is 2. The number of aromatic amines is 1. The highest BCUT2D eigenvalue weighted by Crippen LogP contribution is 2.29. The SMILES string of the molecule is COc1cccc(C#N)c1NS(=O)(=O)c1ccc(=O)[nH]c1. The van der Waals surface area contributed by atoms with E-state index in [4.69, 9.17) is 10.00 Å². The van der Waals surface area contributed by atoms with Crippen molar-refractivity contribution in [2.45, 2.75) is 4.90 Å². The largest absolute Gasteiger partial charge is 0.495 e. The molecular formula is C13H11N3O4S. The number of pyridine rings is 1. The van der Waals surface area contributed by atoms with Gasteiger partial charge in [0.25, 0.3) is 10.0 Å². The molecule has 0 aliphatic heterocycles. The van der Waals surface area contributed by atoms with E-state index in [0.29, 0.717) is 0 Å². The molecule has 2 rings (SSSR count). The third-order valence-corrected chi connectivity index (χ3v) is 4.02. The van der Waals surface area contributed by atoms with Crippen LogP contribution in [0.5, 0.6) is 5.75 Å². The summed E-state index contributed by atoms with van der Waals surface area (Å²) in [6, 6.07) is 8.73. The minimum Gasteiger partial charge on any atom is -0.495 e. The van der Waals surface area contributed by atoms with Crippen LogP contribution >= 0.6 is 0 Å². The molecule has 0 atom stereocenters. The molecule has 21 heavy (non-hydrogen) atoms. The summed E-state index contributed by atoms with van der Waals surface area (Å²) in [7, 11) is -2.58. The van der Waals surface area contributed by atoms with Gasteiger partial charge in [-0.2, -0.15) is 5.26 Å². The average Bonchev–Trinajstić information content (AvgIpc) is 2.47. The minimum absolute atomic E-state index is 0.0497. The molecule has 0 saturated heterocycles. The highest BCUT2D eigenvalue weighted by molar-refractivity contribution is 7.92. The number of H-pyrrole nitrogens is 1. The average molecular weight is 305 g/mol. The van der Waals surface area contributed by atoms with E-state index in [1.54, 1.807) is 6.07 Å². The lowest BCUT2D eigenvalue weighted by atomic mass is 10.2. The van der Waals surface area contributed by atoms with Crippen molar-refractivity contribution in [2.75, 3.05) is 11.8 Å². The molecule has 0 amide bonds. The number of sulfonamides is 1. The fourth-order valence-corrected chi connectivity index (χ4v) is 2.71. The van der Waals surface area contributed by atoms with Crippen molar-refractivity contribution in [3.8, 4) is 11.8 Å². The van der Waals surface area contributed by atoms with Gasteiger partial charge >= 0.3 is 0 Å². The number of nitrogens with zero attached hydrogens (tertiary/aromatic N) is 1. The van der Waals surface area contributed by atoms with E-state index in [0.717, 1.165) is 12.3 Å². The van der Waals surface area contributed by atoms with Crippen molar-refractivity contribution in [1.29, 1.82) is 5.26 Å². The van der Waals surface area contributed by atoms with Gasteiger partial charge in [0, 0.05) is 12.3 Å². The summed E-state index contributed by atoms with van der Waals surface area (Å²) in [5.74, 6) is 0.224. The predicted molar refractivity (Wildman–Crippen MR) is 75.6 cm³/mol. The molecular weight excluding hydrogens is 294 g/mol. The maximum Gasteiger partial charge on any atom is 0.263 e. The van der Waals surface area contributed by atoms with Crippen LogP contribution in [0.3, 0.4) is 0 Å². The van der Waals surface area contributed by atoms with E-state index in [1.807, 2.05) is 6.07 Å². The molecule has 2 aromatic rings. The standard InChI is InChI=1S/C13H11N3O4S/c1-20-11-4-2-3-9(7-14)13(11)16-21(18,19)10-5-6-12(17)15-8-10/h2-6,8,16H,1H3,(H,15,17). The van der Waals surface area contributed by atoms with Gasteiger partial charge in [0.15, 0.2) is 0 Å². The molecule has 108 valence electrons. The summed E-state index contributed by atoms with van der Waals surface area (Å²) < 4.78 is 31.9. The second kappa shape index (κ2) is 5.68. The van der Waals surface area contributed by atoms with Crippen molar-refractivity contribution < 1.29 is 13.2 Å². The van der Waals surface area contributed by atoms with Gasteiger partial charge in [-0.25, -0.2) is 8.42 Å². The van der Waals surface area contributed by atoms with Crippen LogP contribution in [0.2, 0.25) is 0 Å². The molecule has 0 spiro atoms. The third-order valence-electron chi connectivity index (χ3n) is 2.67. The van der Waals surface area contributed by atoms with Crippen LogP contribution in [0.15, 0.2) is 46.2 Å². The number of nitriles is 1. The number of anilines is 1. The Kier molecular flexibility index (Phi) is 3.95. The molecule has 0 fully saturated rings. The fraction of sp³-hybridized carbons (Fsp3) is 0.0769.